The van der Waals surface area contributed by atoms with E-state index in [1.165, 1.54) is 4.31 Å². The molecule has 16 heavy (non-hydrogen) atoms. The maximum atomic E-state index is 12.2. The standard InChI is InChI=1S/C10H17N3O2S/c1-12-6-4-10(8-12)16(14,15)13-5-2-3-9(11)7-13/h4,6,8-9H,2-3,5,7,11H2,1H3/t9-/m1/s1. The van der Waals surface area contributed by atoms with E-state index in [2.05, 4.69) is 0 Å². The molecule has 5 nitrogen and oxygen atoms in total. The molecule has 0 saturated carbocycles. The fraction of sp³-hybridized carbons (Fsp3) is 0.600. The van der Waals surface area contributed by atoms with E-state index in [4.69, 9.17) is 5.73 Å². The molecule has 1 atom stereocenters. The van der Waals surface area contributed by atoms with Crippen molar-refractivity contribution in [3.8, 4) is 0 Å². The van der Waals surface area contributed by atoms with Crippen molar-refractivity contribution >= 4 is 10.0 Å². The van der Waals surface area contributed by atoms with Gasteiger partial charge in [-0.2, -0.15) is 4.31 Å². The molecule has 2 heterocycles. The Bertz CT molecular complexity index is 466. The number of sulfonamides is 1. The SMILES string of the molecule is Cn1ccc(S(=O)(=O)N2CCC[C@@H](N)C2)c1. The summed E-state index contributed by atoms with van der Waals surface area (Å²) >= 11 is 0. The largest absolute Gasteiger partial charge is 0.356 e. The second-order valence-corrected chi connectivity index (χ2v) is 6.22. The van der Waals surface area contributed by atoms with Gasteiger partial charge in [-0.1, -0.05) is 0 Å². The van der Waals surface area contributed by atoms with Gasteiger partial charge in [-0.25, -0.2) is 8.42 Å². The number of nitrogens with two attached hydrogens (primary N) is 1. The molecule has 2 rings (SSSR count). The van der Waals surface area contributed by atoms with Crippen LogP contribution in [0.25, 0.3) is 0 Å². The minimum absolute atomic E-state index is 0.0350. The van der Waals surface area contributed by atoms with Crippen LogP contribution in [0.5, 0.6) is 0 Å². The van der Waals surface area contributed by atoms with Crippen LogP contribution in [0, 0.1) is 0 Å². The highest BCUT2D eigenvalue weighted by molar-refractivity contribution is 7.89. The predicted molar refractivity (Wildman–Crippen MR) is 61.4 cm³/mol. The van der Waals surface area contributed by atoms with Gasteiger partial charge in [0.05, 0.1) is 4.90 Å². The highest BCUT2D eigenvalue weighted by Gasteiger charge is 2.29. The van der Waals surface area contributed by atoms with Gasteiger partial charge < -0.3 is 10.3 Å². The topological polar surface area (TPSA) is 68.3 Å². The van der Waals surface area contributed by atoms with Crippen molar-refractivity contribution in [2.45, 2.75) is 23.8 Å². The minimum atomic E-state index is -3.34. The van der Waals surface area contributed by atoms with Gasteiger partial charge in [0.25, 0.3) is 0 Å². The zero-order chi connectivity index (χ0) is 11.8. The Morgan fingerprint density at radius 2 is 2.25 bits per heavy atom. The lowest BCUT2D eigenvalue weighted by Crippen LogP contribution is -2.45. The van der Waals surface area contributed by atoms with Gasteiger partial charge in [-0.05, 0) is 18.9 Å². The summed E-state index contributed by atoms with van der Waals surface area (Å²) in [5.74, 6) is 0. The number of aromatic nitrogens is 1. The van der Waals surface area contributed by atoms with E-state index in [-0.39, 0.29) is 6.04 Å². The van der Waals surface area contributed by atoms with E-state index in [9.17, 15) is 8.42 Å². The van der Waals surface area contributed by atoms with Crippen LogP contribution in [0.15, 0.2) is 23.4 Å². The van der Waals surface area contributed by atoms with E-state index in [1.54, 1.807) is 30.1 Å². The first-order valence-corrected chi connectivity index (χ1v) is 6.82. The molecule has 0 bridgehead atoms. The molecule has 1 aliphatic rings. The molecule has 1 fully saturated rings. The first-order valence-electron chi connectivity index (χ1n) is 5.38. The molecule has 0 aromatic carbocycles. The van der Waals surface area contributed by atoms with E-state index in [1.807, 2.05) is 0 Å². The fourth-order valence-electron chi connectivity index (χ4n) is 1.97. The Morgan fingerprint density at radius 3 is 2.81 bits per heavy atom. The van der Waals surface area contributed by atoms with Crippen LogP contribution in [0.2, 0.25) is 0 Å². The molecule has 0 radical (unpaired) electrons. The minimum Gasteiger partial charge on any atom is -0.356 e. The molecule has 1 aromatic heterocycles. The van der Waals surface area contributed by atoms with Crippen LogP contribution < -0.4 is 5.73 Å². The number of piperidine rings is 1. The van der Waals surface area contributed by atoms with Gasteiger partial charge in [0.2, 0.25) is 10.0 Å². The Morgan fingerprint density at radius 1 is 1.50 bits per heavy atom. The monoisotopic (exact) mass is 243 g/mol. The number of hydrogen-bond acceptors (Lipinski definition) is 3. The second kappa shape index (κ2) is 4.20. The van der Waals surface area contributed by atoms with Gasteiger partial charge in [0.1, 0.15) is 0 Å². The third-order valence-corrected chi connectivity index (χ3v) is 4.71. The molecule has 0 amide bonds. The smallest absolute Gasteiger partial charge is 0.244 e. The van der Waals surface area contributed by atoms with E-state index in [0.29, 0.717) is 18.0 Å². The van der Waals surface area contributed by atoms with Gasteiger partial charge in [-0.15, -0.1) is 0 Å². The van der Waals surface area contributed by atoms with Gasteiger partial charge in [-0.3, -0.25) is 0 Å². The Kier molecular flexibility index (Phi) is 3.05. The lowest BCUT2D eigenvalue weighted by molar-refractivity contribution is 0.316. The summed E-state index contributed by atoms with van der Waals surface area (Å²) in [5, 5.41) is 0. The highest BCUT2D eigenvalue weighted by atomic mass is 32.2. The summed E-state index contributed by atoms with van der Waals surface area (Å²) in [6, 6.07) is 1.59. The predicted octanol–water partition coefficient (Wildman–Crippen LogP) is 0.137. The quantitative estimate of drug-likeness (QED) is 0.803. The summed E-state index contributed by atoms with van der Waals surface area (Å²) in [4.78, 5) is 0.351. The normalized spacial score (nSPS) is 23.5. The molecule has 90 valence electrons. The molecular weight excluding hydrogens is 226 g/mol. The molecular formula is C10H17N3O2S. The zero-order valence-corrected chi connectivity index (χ0v) is 10.2. The summed E-state index contributed by atoms with van der Waals surface area (Å²) in [5.41, 5.74) is 5.79. The summed E-state index contributed by atoms with van der Waals surface area (Å²) in [7, 11) is -1.54. The number of rotatable bonds is 2. The van der Waals surface area contributed by atoms with Gasteiger partial charge in [0.15, 0.2) is 0 Å². The van der Waals surface area contributed by atoms with Gasteiger partial charge >= 0.3 is 0 Å². The molecule has 1 aromatic rings. The number of nitrogens with zero attached hydrogens (tertiary/aromatic N) is 2. The van der Waals surface area contributed by atoms with Crippen molar-refractivity contribution in [3.63, 3.8) is 0 Å². The molecule has 6 heteroatoms. The molecule has 0 spiro atoms. The first kappa shape index (κ1) is 11.6. The van der Waals surface area contributed by atoms with Crippen LogP contribution in [0.4, 0.5) is 0 Å². The number of aryl methyl sites for hydroxylation is 1. The van der Waals surface area contributed by atoms with Crippen molar-refractivity contribution < 1.29 is 8.42 Å². The van der Waals surface area contributed by atoms with Crippen LogP contribution in [-0.2, 0) is 17.1 Å². The summed E-state index contributed by atoms with van der Waals surface area (Å²) in [6.07, 6.45) is 5.10. The fourth-order valence-corrected chi connectivity index (χ4v) is 3.56. The molecule has 0 unspecified atom stereocenters. The van der Waals surface area contributed by atoms with Crippen molar-refractivity contribution in [1.29, 1.82) is 0 Å². The zero-order valence-electron chi connectivity index (χ0n) is 9.33. The second-order valence-electron chi connectivity index (χ2n) is 4.28. The van der Waals surface area contributed by atoms with Gasteiger partial charge in [0, 0.05) is 38.6 Å². The maximum absolute atomic E-state index is 12.2. The highest BCUT2D eigenvalue weighted by Crippen LogP contribution is 2.19. The third kappa shape index (κ3) is 2.14. The lowest BCUT2D eigenvalue weighted by Gasteiger charge is -2.29. The maximum Gasteiger partial charge on any atom is 0.244 e. The summed E-state index contributed by atoms with van der Waals surface area (Å²) < 4.78 is 27.6. The average molecular weight is 243 g/mol. The van der Waals surface area contributed by atoms with Crippen LogP contribution in [0.3, 0.4) is 0 Å². The van der Waals surface area contributed by atoms with Crippen molar-refractivity contribution in [3.05, 3.63) is 18.5 Å². The van der Waals surface area contributed by atoms with Crippen molar-refractivity contribution in [1.82, 2.24) is 8.87 Å². The van der Waals surface area contributed by atoms with Crippen LogP contribution >= 0.6 is 0 Å². The Balaban J connectivity index is 2.25. The Hall–Kier alpha value is -0.850. The van der Waals surface area contributed by atoms with Crippen LogP contribution in [0.1, 0.15) is 12.8 Å². The number of hydrogen-bond donors (Lipinski definition) is 1. The average Bonchev–Trinajstić information content (AvgIpc) is 2.65. The molecule has 1 aliphatic heterocycles. The van der Waals surface area contributed by atoms with E-state index < -0.39 is 10.0 Å². The Labute approximate surface area is 95.9 Å². The van der Waals surface area contributed by atoms with Crippen molar-refractivity contribution in [2.75, 3.05) is 13.1 Å². The van der Waals surface area contributed by atoms with Crippen LogP contribution in [-0.4, -0.2) is 36.4 Å². The van der Waals surface area contributed by atoms with E-state index >= 15 is 0 Å². The van der Waals surface area contributed by atoms with Crippen molar-refractivity contribution in [2.24, 2.45) is 12.8 Å². The molecule has 1 saturated heterocycles. The molecule has 0 aliphatic carbocycles. The lowest BCUT2D eigenvalue weighted by atomic mass is 10.1. The molecule has 2 N–H and O–H groups in total. The first-order chi connectivity index (χ1) is 7.50. The van der Waals surface area contributed by atoms with E-state index in [0.717, 1.165) is 12.8 Å². The summed E-state index contributed by atoms with van der Waals surface area (Å²) in [6.45, 7) is 1.00. The third-order valence-electron chi connectivity index (χ3n) is 2.86.